The first kappa shape index (κ1) is 20.4. The molecule has 30 heavy (non-hydrogen) atoms. The molecule has 0 saturated carbocycles. The summed E-state index contributed by atoms with van der Waals surface area (Å²) in [7, 11) is 0. The van der Waals surface area contributed by atoms with Crippen LogP contribution >= 0.6 is 12.6 Å². The highest BCUT2D eigenvalue weighted by molar-refractivity contribution is 7.80. The second-order valence-electron chi connectivity index (χ2n) is 7.14. The topological polar surface area (TPSA) is 92.2 Å². The van der Waals surface area contributed by atoms with Gasteiger partial charge in [-0.3, -0.25) is 0 Å². The minimum Gasteiger partial charge on any atom is -0.378 e. The van der Waals surface area contributed by atoms with Crippen LogP contribution in [-0.2, 0) is 11.2 Å². The van der Waals surface area contributed by atoms with Gasteiger partial charge in [0.25, 0.3) is 0 Å². The van der Waals surface area contributed by atoms with Crippen molar-refractivity contribution in [2.24, 2.45) is 9.98 Å². The summed E-state index contributed by atoms with van der Waals surface area (Å²) in [5.41, 5.74) is 8.90. The number of nitrogens with two attached hydrogens (primary N) is 1. The number of hydrogen-bond donors (Lipinski definition) is 2. The molecule has 0 spiro atoms. The first-order chi connectivity index (χ1) is 14.6. The molecule has 3 heterocycles. The Bertz CT molecular complexity index is 950. The highest BCUT2D eigenvalue weighted by atomic mass is 32.1. The number of rotatable bonds is 4. The molecule has 0 unspecified atom stereocenters. The summed E-state index contributed by atoms with van der Waals surface area (Å²) in [5, 5.41) is 0. The molecule has 2 N–H and O–H groups in total. The Morgan fingerprint density at radius 1 is 1.13 bits per heavy atom. The molecular formula is C21H25N7OS. The standard InChI is InChI=1S/C21H25N7OS/c1-23-21(27-8-10-29-11-9-27)26-19-16(12-15-13-24-20(22)25-14-15)6-7-28(19)17-2-4-18(30)5-3-17/h2-5,13-14,30H,1,6-12H2,(H2,22,24,25). The van der Waals surface area contributed by atoms with E-state index in [2.05, 4.69) is 56.2 Å². The quantitative estimate of drug-likeness (QED) is 0.446. The molecule has 4 rings (SSSR count). The number of ether oxygens (including phenoxy) is 1. The lowest BCUT2D eigenvalue weighted by Gasteiger charge is -2.28. The van der Waals surface area contributed by atoms with E-state index in [1.807, 2.05) is 12.1 Å². The summed E-state index contributed by atoms with van der Waals surface area (Å²) < 4.78 is 5.46. The Balaban J connectivity index is 1.71. The van der Waals surface area contributed by atoms with Crippen LogP contribution in [0.1, 0.15) is 12.0 Å². The number of benzene rings is 1. The van der Waals surface area contributed by atoms with Crippen molar-refractivity contribution in [3.8, 4) is 0 Å². The van der Waals surface area contributed by atoms with Crippen LogP contribution in [0.3, 0.4) is 0 Å². The average Bonchev–Trinajstić information content (AvgIpc) is 3.16. The number of aliphatic imine (C=N–C) groups is 2. The molecular weight excluding hydrogens is 398 g/mol. The highest BCUT2D eigenvalue weighted by Crippen LogP contribution is 2.32. The van der Waals surface area contributed by atoms with E-state index < -0.39 is 0 Å². The normalized spacial score (nSPS) is 17.6. The second kappa shape index (κ2) is 9.27. The Morgan fingerprint density at radius 2 is 1.83 bits per heavy atom. The van der Waals surface area contributed by atoms with Gasteiger partial charge in [-0.2, -0.15) is 4.99 Å². The molecule has 0 bridgehead atoms. The molecule has 0 amide bonds. The second-order valence-corrected chi connectivity index (χ2v) is 7.66. The van der Waals surface area contributed by atoms with Gasteiger partial charge in [0.15, 0.2) is 0 Å². The fraction of sp³-hybridized carbons (Fsp3) is 0.333. The number of anilines is 2. The van der Waals surface area contributed by atoms with Crippen LogP contribution in [0.4, 0.5) is 11.6 Å². The molecule has 2 aliphatic rings. The van der Waals surface area contributed by atoms with Crippen molar-refractivity contribution in [1.82, 2.24) is 14.9 Å². The van der Waals surface area contributed by atoms with Crippen molar-refractivity contribution < 1.29 is 4.74 Å². The molecule has 0 atom stereocenters. The lowest BCUT2D eigenvalue weighted by atomic mass is 10.1. The monoisotopic (exact) mass is 423 g/mol. The van der Waals surface area contributed by atoms with Gasteiger partial charge < -0.3 is 20.3 Å². The summed E-state index contributed by atoms with van der Waals surface area (Å²) in [6.07, 6.45) is 5.13. The van der Waals surface area contributed by atoms with E-state index in [1.54, 1.807) is 12.4 Å². The van der Waals surface area contributed by atoms with Gasteiger partial charge in [-0.1, -0.05) is 0 Å². The summed E-state index contributed by atoms with van der Waals surface area (Å²) >= 11 is 4.40. The maximum absolute atomic E-state index is 5.63. The fourth-order valence-electron chi connectivity index (χ4n) is 3.61. The number of guanidine groups is 1. The van der Waals surface area contributed by atoms with Crippen LogP contribution in [0.25, 0.3) is 0 Å². The number of thiol groups is 1. The van der Waals surface area contributed by atoms with Gasteiger partial charge in [0.05, 0.1) is 13.2 Å². The number of morpholine rings is 1. The van der Waals surface area contributed by atoms with Gasteiger partial charge in [0, 0.05) is 49.0 Å². The molecule has 1 aromatic heterocycles. The Kier molecular flexibility index (Phi) is 6.29. The maximum atomic E-state index is 5.63. The van der Waals surface area contributed by atoms with Gasteiger partial charge in [-0.25, -0.2) is 15.0 Å². The number of aromatic nitrogens is 2. The van der Waals surface area contributed by atoms with E-state index in [0.29, 0.717) is 25.6 Å². The first-order valence-corrected chi connectivity index (χ1v) is 10.3. The molecule has 2 aliphatic heterocycles. The molecule has 0 radical (unpaired) electrons. The molecule has 9 heteroatoms. The van der Waals surface area contributed by atoms with Crippen molar-refractivity contribution in [2.75, 3.05) is 43.5 Å². The Labute approximate surface area is 181 Å². The molecule has 1 aromatic carbocycles. The van der Waals surface area contributed by atoms with Gasteiger partial charge in [0.1, 0.15) is 5.82 Å². The zero-order valence-electron chi connectivity index (χ0n) is 16.7. The average molecular weight is 424 g/mol. The van der Waals surface area contributed by atoms with E-state index in [-0.39, 0.29) is 5.95 Å². The molecule has 1 fully saturated rings. The maximum Gasteiger partial charge on any atom is 0.226 e. The van der Waals surface area contributed by atoms with Gasteiger partial charge in [-0.05, 0) is 48.5 Å². The minimum atomic E-state index is 0.274. The smallest absolute Gasteiger partial charge is 0.226 e. The van der Waals surface area contributed by atoms with Crippen LogP contribution in [0.5, 0.6) is 0 Å². The van der Waals surface area contributed by atoms with E-state index in [4.69, 9.17) is 15.5 Å². The first-order valence-electron chi connectivity index (χ1n) is 9.87. The molecule has 2 aromatic rings. The van der Waals surface area contributed by atoms with Crippen molar-refractivity contribution in [1.29, 1.82) is 0 Å². The lowest BCUT2D eigenvalue weighted by molar-refractivity contribution is 0.0676. The van der Waals surface area contributed by atoms with E-state index in [0.717, 1.165) is 48.0 Å². The zero-order valence-corrected chi connectivity index (χ0v) is 17.6. The van der Waals surface area contributed by atoms with Gasteiger partial charge in [0.2, 0.25) is 11.9 Å². The van der Waals surface area contributed by atoms with Gasteiger partial charge in [-0.15, -0.1) is 12.6 Å². The number of nitrogens with zero attached hydrogens (tertiary/aromatic N) is 6. The minimum absolute atomic E-state index is 0.274. The largest absolute Gasteiger partial charge is 0.378 e. The van der Waals surface area contributed by atoms with E-state index in [1.165, 1.54) is 5.57 Å². The third-order valence-electron chi connectivity index (χ3n) is 5.15. The Morgan fingerprint density at radius 3 is 2.50 bits per heavy atom. The van der Waals surface area contributed by atoms with Crippen LogP contribution in [0, 0.1) is 0 Å². The molecule has 0 aliphatic carbocycles. The van der Waals surface area contributed by atoms with Crippen molar-refractivity contribution in [3.63, 3.8) is 0 Å². The summed E-state index contributed by atoms with van der Waals surface area (Å²) in [5.74, 6) is 1.79. The highest BCUT2D eigenvalue weighted by Gasteiger charge is 2.26. The van der Waals surface area contributed by atoms with Crippen LogP contribution < -0.4 is 10.6 Å². The number of nitrogen functional groups attached to an aromatic ring is 1. The van der Waals surface area contributed by atoms with E-state index >= 15 is 0 Å². The fourth-order valence-corrected chi connectivity index (χ4v) is 3.76. The Hall–Kier alpha value is -2.91. The van der Waals surface area contributed by atoms with Crippen LogP contribution in [0.2, 0.25) is 0 Å². The zero-order chi connectivity index (χ0) is 20.9. The third kappa shape index (κ3) is 4.63. The summed E-state index contributed by atoms with van der Waals surface area (Å²) in [4.78, 5) is 22.7. The predicted molar refractivity (Wildman–Crippen MR) is 122 cm³/mol. The third-order valence-corrected chi connectivity index (χ3v) is 5.45. The lowest BCUT2D eigenvalue weighted by Crippen LogP contribution is -2.40. The number of hydrogen-bond acceptors (Lipinski definition) is 7. The van der Waals surface area contributed by atoms with E-state index in [9.17, 15) is 0 Å². The molecule has 8 nitrogen and oxygen atoms in total. The van der Waals surface area contributed by atoms with Crippen LogP contribution in [-0.4, -0.2) is 60.4 Å². The van der Waals surface area contributed by atoms with Crippen molar-refractivity contribution in [2.45, 2.75) is 17.7 Å². The van der Waals surface area contributed by atoms with Crippen LogP contribution in [0.15, 0.2) is 62.9 Å². The summed E-state index contributed by atoms with van der Waals surface area (Å²) in [6, 6.07) is 8.09. The SMILES string of the molecule is C=NC(=NC1=C(Cc2cnc(N)nc2)CCN1c1ccc(S)cc1)N1CCOCC1. The summed E-state index contributed by atoms with van der Waals surface area (Å²) in [6.45, 7) is 7.42. The predicted octanol–water partition coefficient (Wildman–Crippen LogP) is 2.40. The van der Waals surface area contributed by atoms with Gasteiger partial charge >= 0.3 is 0 Å². The molecule has 1 saturated heterocycles. The van der Waals surface area contributed by atoms with Crippen molar-refractivity contribution in [3.05, 3.63) is 53.6 Å². The van der Waals surface area contributed by atoms with Crippen molar-refractivity contribution >= 4 is 36.9 Å². The molecule has 156 valence electrons.